The minimum atomic E-state index is -0.678. The summed E-state index contributed by atoms with van der Waals surface area (Å²) in [6.45, 7) is 0. The molecule has 22 heavy (non-hydrogen) atoms. The molecule has 0 amide bonds. The first-order valence-corrected chi connectivity index (χ1v) is 10.7. The van der Waals surface area contributed by atoms with Gasteiger partial charge in [0.25, 0.3) is 0 Å². The first-order valence-electron chi connectivity index (χ1n) is 9.26. The maximum Gasteiger partial charge on any atom is 0.121 e. The average Bonchev–Trinajstić information content (AvgIpc) is 2.48. The summed E-state index contributed by atoms with van der Waals surface area (Å²) in [5, 5.41) is 1.19. The molecule has 0 aromatic carbocycles. The van der Waals surface area contributed by atoms with Crippen molar-refractivity contribution in [3.05, 3.63) is 0 Å². The summed E-state index contributed by atoms with van der Waals surface area (Å²) < 4.78 is 41.8. The van der Waals surface area contributed by atoms with E-state index >= 15 is 0 Å². The highest BCUT2D eigenvalue weighted by Gasteiger charge is 2.49. The number of alkyl halides is 3. The second kappa shape index (κ2) is 7.81. The molecule has 0 bridgehead atoms. The van der Waals surface area contributed by atoms with Crippen molar-refractivity contribution in [3.8, 4) is 0 Å². The summed E-state index contributed by atoms with van der Waals surface area (Å²) in [4.78, 5) is 0. The Morgan fingerprint density at radius 2 is 0.818 bits per heavy atom. The van der Waals surface area contributed by atoms with Gasteiger partial charge in [-0.15, -0.1) is 0 Å². The molecule has 6 unspecified atom stereocenters. The van der Waals surface area contributed by atoms with Gasteiger partial charge < -0.3 is 0 Å². The molecule has 0 heterocycles. The van der Waals surface area contributed by atoms with Gasteiger partial charge >= 0.3 is 0 Å². The van der Waals surface area contributed by atoms with Gasteiger partial charge in [-0.2, -0.15) is 0 Å². The zero-order valence-electron chi connectivity index (χ0n) is 13.5. The highest BCUT2D eigenvalue weighted by atomic mass is 32.2. The van der Waals surface area contributed by atoms with Crippen LogP contribution in [0.25, 0.3) is 0 Å². The van der Waals surface area contributed by atoms with Gasteiger partial charge in [0.05, 0.1) is 0 Å². The van der Waals surface area contributed by atoms with E-state index in [2.05, 4.69) is 0 Å². The topological polar surface area (TPSA) is 0 Å². The fraction of sp³-hybridized carbons (Fsp3) is 1.00. The summed E-state index contributed by atoms with van der Waals surface area (Å²) in [7, 11) is 0.0341. The van der Waals surface area contributed by atoms with Gasteiger partial charge in [0.1, 0.15) is 34.3 Å². The largest absolute Gasteiger partial charge is 0.247 e. The van der Waals surface area contributed by atoms with Crippen LogP contribution < -0.4 is 0 Å². The average molecular weight is 335 g/mol. The SMILES string of the molecule is FC1CCCC([S+](C2CCCC(F)C2)C2CCCC(F)C2)C1. The summed E-state index contributed by atoms with van der Waals surface area (Å²) in [5.41, 5.74) is 0. The predicted octanol–water partition coefficient (Wildman–Crippen LogP) is 5.45. The summed E-state index contributed by atoms with van der Waals surface area (Å²) in [5.74, 6) is 0. The van der Waals surface area contributed by atoms with E-state index < -0.39 is 18.5 Å². The molecule has 0 aromatic rings. The molecule has 0 nitrogen and oxygen atoms in total. The number of hydrogen-bond donors (Lipinski definition) is 0. The van der Waals surface area contributed by atoms with Crippen molar-refractivity contribution in [2.45, 2.75) is 111 Å². The molecule has 128 valence electrons. The standard InChI is InChI=1S/C18H30F3S/c19-13-4-1-7-16(10-13)22(17-8-2-5-14(20)11-17)18-9-3-6-15(21)12-18/h13-18H,1-12H2/q+1. The van der Waals surface area contributed by atoms with E-state index in [1.807, 2.05) is 0 Å². The fourth-order valence-corrected chi connectivity index (χ4v) is 9.06. The Kier molecular flexibility index (Phi) is 6.03. The molecule has 0 aliphatic heterocycles. The van der Waals surface area contributed by atoms with Crippen molar-refractivity contribution in [1.29, 1.82) is 0 Å². The third kappa shape index (κ3) is 4.15. The first-order chi connectivity index (χ1) is 10.6. The summed E-state index contributed by atoms with van der Waals surface area (Å²) in [6.07, 6.45) is 8.18. The molecule has 3 saturated carbocycles. The van der Waals surface area contributed by atoms with E-state index in [-0.39, 0.29) is 10.9 Å². The molecule has 3 aliphatic rings. The lowest BCUT2D eigenvalue weighted by molar-refractivity contribution is 0.239. The molecule has 3 aliphatic carbocycles. The van der Waals surface area contributed by atoms with E-state index in [1.54, 1.807) is 0 Å². The van der Waals surface area contributed by atoms with Crippen molar-refractivity contribution in [3.63, 3.8) is 0 Å². The maximum absolute atomic E-state index is 13.9. The van der Waals surface area contributed by atoms with Crippen molar-refractivity contribution < 1.29 is 13.2 Å². The Labute approximate surface area is 136 Å². The lowest BCUT2D eigenvalue weighted by atomic mass is 9.97. The van der Waals surface area contributed by atoms with Crippen LogP contribution in [0.15, 0.2) is 0 Å². The van der Waals surface area contributed by atoms with Gasteiger partial charge in [0.15, 0.2) is 0 Å². The predicted molar refractivity (Wildman–Crippen MR) is 88.8 cm³/mol. The highest BCUT2D eigenvalue weighted by molar-refractivity contribution is 7.98. The van der Waals surface area contributed by atoms with Gasteiger partial charge in [0, 0.05) is 19.3 Å². The van der Waals surface area contributed by atoms with E-state index in [0.717, 1.165) is 38.5 Å². The third-order valence-electron chi connectivity index (χ3n) is 5.84. The van der Waals surface area contributed by atoms with Gasteiger partial charge in [0.2, 0.25) is 0 Å². The molecule has 4 heteroatoms. The Bertz CT molecular complexity index is 299. The molecule has 0 radical (unpaired) electrons. The van der Waals surface area contributed by atoms with Crippen molar-refractivity contribution in [2.24, 2.45) is 0 Å². The van der Waals surface area contributed by atoms with Crippen LogP contribution >= 0.6 is 0 Å². The minimum Gasteiger partial charge on any atom is -0.247 e. The van der Waals surface area contributed by atoms with E-state index in [4.69, 9.17) is 0 Å². The van der Waals surface area contributed by atoms with Gasteiger partial charge in [-0.1, -0.05) is 0 Å². The lowest BCUT2D eigenvalue weighted by Gasteiger charge is -2.37. The quantitative estimate of drug-likeness (QED) is 0.602. The minimum absolute atomic E-state index is 0.0341. The second-order valence-electron chi connectivity index (χ2n) is 7.57. The number of hydrogen-bond acceptors (Lipinski definition) is 0. The van der Waals surface area contributed by atoms with E-state index in [1.165, 1.54) is 0 Å². The van der Waals surface area contributed by atoms with Crippen LogP contribution in [0.3, 0.4) is 0 Å². The lowest BCUT2D eigenvalue weighted by Crippen LogP contribution is -2.47. The van der Waals surface area contributed by atoms with Crippen molar-refractivity contribution in [1.82, 2.24) is 0 Å². The van der Waals surface area contributed by atoms with E-state index in [0.29, 0.717) is 54.3 Å². The molecule has 0 aromatic heterocycles. The number of rotatable bonds is 3. The Morgan fingerprint density at radius 1 is 0.500 bits per heavy atom. The van der Waals surface area contributed by atoms with Gasteiger partial charge in [-0.25, -0.2) is 13.2 Å². The molecular weight excluding hydrogens is 305 g/mol. The third-order valence-corrected chi connectivity index (χ3v) is 9.43. The van der Waals surface area contributed by atoms with Crippen LogP contribution in [-0.2, 0) is 10.9 Å². The van der Waals surface area contributed by atoms with Crippen LogP contribution in [-0.4, -0.2) is 34.3 Å². The molecule has 3 rings (SSSR count). The normalized spacial score (nSPS) is 45.4. The molecule has 0 N–H and O–H groups in total. The van der Waals surface area contributed by atoms with E-state index in [9.17, 15) is 13.2 Å². The second-order valence-corrected chi connectivity index (χ2v) is 10.4. The zero-order chi connectivity index (χ0) is 15.5. The van der Waals surface area contributed by atoms with Crippen molar-refractivity contribution in [2.75, 3.05) is 0 Å². The fourth-order valence-electron chi connectivity index (χ4n) is 4.82. The van der Waals surface area contributed by atoms with Crippen LogP contribution in [0.2, 0.25) is 0 Å². The Hall–Kier alpha value is 0.140. The highest BCUT2D eigenvalue weighted by Crippen LogP contribution is 2.41. The Balaban J connectivity index is 1.74. The monoisotopic (exact) mass is 335 g/mol. The van der Waals surface area contributed by atoms with Crippen LogP contribution in [0, 0.1) is 0 Å². The molecule has 6 atom stereocenters. The molecular formula is C18H30F3S+. The van der Waals surface area contributed by atoms with Crippen LogP contribution in [0.5, 0.6) is 0 Å². The molecule has 0 spiro atoms. The van der Waals surface area contributed by atoms with Crippen molar-refractivity contribution >= 4 is 10.9 Å². The Morgan fingerprint density at radius 3 is 1.09 bits per heavy atom. The zero-order valence-corrected chi connectivity index (χ0v) is 14.3. The first kappa shape index (κ1) is 17.0. The van der Waals surface area contributed by atoms with Gasteiger partial charge in [-0.05, 0) is 68.7 Å². The van der Waals surface area contributed by atoms with Gasteiger partial charge in [-0.3, -0.25) is 0 Å². The summed E-state index contributed by atoms with van der Waals surface area (Å²) in [6, 6.07) is 0. The van der Waals surface area contributed by atoms with Crippen LogP contribution in [0.1, 0.15) is 77.0 Å². The summed E-state index contributed by atoms with van der Waals surface area (Å²) >= 11 is 0. The maximum atomic E-state index is 13.9. The molecule has 0 saturated heterocycles. The number of halogens is 3. The van der Waals surface area contributed by atoms with Crippen LogP contribution in [0.4, 0.5) is 13.2 Å². The smallest absolute Gasteiger partial charge is 0.121 e. The molecule has 3 fully saturated rings.